The lowest BCUT2D eigenvalue weighted by atomic mass is 9.82. The third-order valence-corrected chi connectivity index (χ3v) is 3.22. The summed E-state index contributed by atoms with van der Waals surface area (Å²) in [6.07, 6.45) is 5.00. The summed E-state index contributed by atoms with van der Waals surface area (Å²) in [5.41, 5.74) is 0. The van der Waals surface area contributed by atoms with Crippen LogP contribution in [0.4, 0.5) is 0 Å². The molecule has 0 aromatic rings. The Morgan fingerprint density at radius 3 is 2.43 bits per heavy atom. The molecule has 2 atom stereocenters. The lowest BCUT2D eigenvalue weighted by molar-refractivity contribution is -0.537. The summed E-state index contributed by atoms with van der Waals surface area (Å²) in [5, 5.41) is 20.5. The number of nitro groups is 1. The smallest absolute Gasteiger partial charge is 0.238 e. The largest absolute Gasteiger partial charge is 0.386 e. The van der Waals surface area contributed by atoms with Gasteiger partial charge < -0.3 is 5.11 Å². The predicted octanol–water partition coefficient (Wildman–Crippen LogP) is 1.98. The van der Waals surface area contributed by atoms with E-state index in [1.54, 1.807) is 6.92 Å². The maximum atomic E-state index is 10.7. The van der Waals surface area contributed by atoms with E-state index in [2.05, 4.69) is 0 Å². The Bertz CT molecular complexity index is 190. The monoisotopic (exact) mass is 201 g/mol. The van der Waals surface area contributed by atoms with Gasteiger partial charge in [-0.1, -0.05) is 26.2 Å². The molecule has 0 bridgehead atoms. The Kier molecular flexibility index (Phi) is 4.32. The highest BCUT2D eigenvalue weighted by Gasteiger charge is 2.34. The van der Waals surface area contributed by atoms with Crippen molar-refractivity contribution >= 4 is 0 Å². The van der Waals surface area contributed by atoms with Gasteiger partial charge in [-0.25, -0.2) is 0 Å². The standard InChI is InChI=1S/C10H19NO3/c1-2-9(11(13)14)10(12)8-6-4-3-5-7-8/h8-10,12H,2-7H2,1H3/t9-,10+/m0/s1. The van der Waals surface area contributed by atoms with Gasteiger partial charge >= 0.3 is 0 Å². The molecule has 0 spiro atoms. The molecule has 14 heavy (non-hydrogen) atoms. The minimum Gasteiger partial charge on any atom is -0.386 e. The summed E-state index contributed by atoms with van der Waals surface area (Å²) in [5.74, 6) is 0.152. The van der Waals surface area contributed by atoms with Gasteiger partial charge in [-0.05, 0) is 18.8 Å². The number of hydrogen-bond acceptors (Lipinski definition) is 3. The van der Waals surface area contributed by atoms with Crippen LogP contribution in [0.15, 0.2) is 0 Å². The van der Waals surface area contributed by atoms with Crippen LogP contribution in [0.5, 0.6) is 0 Å². The molecule has 0 aromatic heterocycles. The molecule has 0 amide bonds. The molecule has 1 N–H and O–H groups in total. The van der Waals surface area contributed by atoms with E-state index in [1.807, 2.05) is 0 Å². The molecule has 1 aliphatic rings. The summed E-state index contributed by atoms with van der Waals surface area (Å²) in [7, 11) is 0. The molecule has 1 rings (SSSR count). The van der Waals surface area contributed by atoms with Gasteiger partial charge in [-0.2, -0.15) is 0 Å². The molecule has 4 nitrogen and oxygen atoms in total. The van der Waals surface area contributed by atoms with Crippen molar-refractivity contribution in [1.82, 2.24) is 0 Å². The van der Waals surface area contributed by atoms with Crippen LogP contribution >= 0.6 is 0 Å². The molecule has 0 saturated heterocycles. The zero-order valence-corrected chi connectivity index (χ0v) is 8.69. The van der Waals surface area contributed by atoms with E-state index in [-0.39, 0.29) is 10.8 Å². The molecule has 1 fully saturated rings. The molecular weight excluding hydrogens is 182 g/mol. The van der Waals surface area contributed by atoms with Gasteiger partial charge in [0.15, 0.2) is 0 Å². The van der Waals surface area contributed by atoms with Gasteiger partial charge in [-0.15, -0.1) is 0 Å². The second-order valence-corrected chi connectivity index (χ2v) is 4.15. The Hall–Kier alpha value is -0.640. The first-order valence-corrected chi connectivity index (χ1v) is 5.48. The summed E-state index contributed by atoms with van der Waals surface area (Å²) in [4.78, 5) is 10.3. The van der Waals surface area contributed by atoms with Crippen molar-refractivity contribution in [3.63, 3.8) is 0 Å². The third-order valence-electron chi connectivity index (χ3n) is 3.22. The van der Waals surface area contributed by atoms with Crippen molar-refractivity contribution in [2.75, 3.05) is 0 Å². The number of rotatable bonds is 4. The van der Waals surface area contributed by atoms with Crippen LogP contribution in [-0.4, -0.2) is 22.2 Å². The van der Waals surface area contributed by atoms with Gasteiger partial charge in [-0.3, -0.25) is 10.1 Å². The van der Waals surface area contributed by atoms with Crippen molar-refractivity contribution in [2.45, 2.75) is 57.6 Å². The summed E-state index contributed by atoms with van der Waals surface area (Å²) in [6.45, 7) is 1.76. The van der Waals surface area contributed by atoms with Crippen LogP contribution < -0.4 is 0 Å². The zero-order valence-electron chi connectivity index (χ0n) is 8.69. The van der Waals surface area contributed by atoms with Gasteiger partial charge in [0.2, 0.25) is 6.04 Å². The van der Waals surface area contributed by atoms with Crippen LogP contribution in [0.25, 0.3) is 0 Å². The van der Waals surface area contributed by atoms with E-state index >= 15 is 0 Å². The van der Waals surface area contributed by atoms with Gasteiger partial charge in [0.1, 0.15) is 6.10 Å². The fraction of sp³-hybridized carbons (Fsp3) is 1.00. The van der Waals surface area contributed by atoms with Gasteiger partial charge in [0, 0.05) is 11.3 Å². The second-order valence-electron chi connectivity index (χ2n) is 4.15. The Morgan fingerprint density at radius 1 is 1.43 bits per heavy atom. The number of aliphatic hydroxyl groups excluding tert-OH is 1. The molecule has 82 valence electrons. The van der Waals surface area contributed by atoms with Crippen LogP contribution in [0.3, 0.4) is 0 Å². The molecule has 1 saturated carbocycles. The predicted molar refractivity (Wildman–Crippen MR) is 53.7 cm³/mol. The molecule has 0 radical (unpaired) electrons. The van der Waals surface area contributed by atoms with E-state index in [9.17, 15) is 15.2 Å². The van der Waals surface area contributed by atoms with Crippen molar-refractivity contribution in [3.8, 4) is 0 Å². The van der Waals surface area contributed by atoms with E-state index in [4.69, 9.17) is 0 Å². The van der Waals surface area contributed by atoms with Gasteiger partial charge in [0.25, 0.3) is 0 Å². The van der Waals surface area contributed by atoms with Crippen LogP contribution in [0.1, 0.15) is 45.4 Å². The lowest BCUT2D eigenvalue weighted by Crippen LogP contribution is -2.39. The highest BCUT2D eigenvalue weighted by atomic mass is 16.6. The minimum atomic E-state index is -0.766. The topological polar surface area (TPSA) is 63.4 Å². The summed E-state index contributed by atoms with van der Waals surface area (Å²) >= 11 is 0. The van der Waals surface area contributed by atoms with Crippen molar-refractivity contribution in [3.05, 3.63) is 10.1 Å². The Labute approximate surface area is 84.5 Å². The fourth-order valence-electron chi connectivity index (χ4n) is 2.31. The second kappa shape index (κ2) is 5.29. The van der Waals surface area contributed by atoms with Crippen molar-refractivity contribution in [1.29, 1.82) is 0 Å². The molecule has 1 aliphatic carbocycles. The summed E-state index contributed by atoms with van der Waals surface area (Å²) in [6, 6.07) is -0.766. The number of aliphatic hydroxyl groups is 1. The maximum Gasteiger partial charge on any atom is 0.238 e. The molecule has 0 unspecified atom stereocenters. The van der Waals surface area contributed by atoms with E-state index < -0.39 is 12.1 Å². The Balaban J connectivity index is 2.51. The highest BCUT2D eigenvalue weighted by Crippen LogP contribution is 2.28. The number of nitrogens with zero attached hydrogens (tertiary/aromatic N) is 1. The first-order chi connectivity index (χ1) is 6.66. The highest BCUT2D eigenvalue weighted by molar-refractivity contribution is 4.78. The maximum absolute atomic E-state index is 10.7. The fourth-order valence-corrected chi connectivity index (χ4v) is 2.31. The van der Waals surface area contributed by atoms with Gasteiger partial charge in [0.05, 0.1) is 0 Å². The van der Waals surface area contributed by atoms with E-state index in [1.165, 1.54) is 6.42 Å². The average molecular weight is 201 g/mol. The zero-order chi connectivity index (χ0) is 10.6. The van der Waals surface area contributed by atoms with Crippen LogP contribution in [0, 0.1) is 16.0 Å². The molecular formula is C10H19NO3. The molecule has 0 heterocycles. The van der Waals surface area contributed by atoms with Crippen molar-refractivity contribution < 1.29 is 10.0 Å². The summed E-state index contributed by atoms with van der Waals surface area (Å²) < 4.78 is 0. The molecule has 0 aliphatic heterocycles. The van der Waals surface area contributed by atoms with E-state index in [0.29, 0.717) is 6.42 Å². The first-order valence-electron chi connectivity index (χ1n) is 5.48. The van der Waals surface area contributed by atoms with E-state index in [0.717, 1.165) is 25.7 Å². The van der Waals surface area contributed by atoms with Crippen LogP contribution in [-0.2, 0) is 0 Å². The molecule has 4 heteroatoms. The SMILES string of the molecule is CC[C@@H]([C@H](O)C1CCCCC1)[N+](=O)[O-]. The normalized spacial score (nSPS) is 23.0. The Morgan fingerprint density at radius 2 is 2.00 bits per heavy atom. The quantitative estimate of drug-likeness (QED) is 0.558. The average Bonchev–Trinajstić information content (AvgIpc) is 2.19. The first kappa shape index (κ1) is 11.4. The number of hydrogen-bond donors (Lipinski definition) is 1. The molecule has 0 aromatic carbocycles. The third kappa shape index (κ3) is 2.67. The lowest BCUT2D eigenvalue weighted by Gasteiger charge is -2.27. The van der Waals surface area contributed by atoms with Crippen LogP contribution in [0.2, 0.25) is 0 Å². The van der Waals surface area contributed by atoms with Crippen molar-refractivity contribution in [2.24, 2.45) is 5.92 Å². The minimum absolute atomic E-state index is 0.152.